The monoisotopic (exact) mass is 724 g/mol. The molecule has 1 fully saturated rings. The lowest BCUT2D eigenvalue weighted by atomic mass is 9.85. The minimum atomic E-state index is -5.00. The van der Waals surface area contributed by atoms with Crippen LogP contribution in [-0.2, 0) is 27.9 Å². The van der Waals surface area contributed by atoms with Crippen molar-refractivity contribution in [1.29, 1.82) is 0 Å². The molecule has 0 saturated heterocycles. The van der Waals surface area contributed by atoms with Gasteiger partial charge in [-0.2, -0.15) is 0 Å². The number of unbranched alkanes of at least 4 members (excludes halogenated alkanes) is 17. The smallest absolute Gasteiger partial charge is 0.457 e. The molecule has 0 amide bonds. The average molecular weight is 725 g/mol. The lowest BCUT2D eigenvalue weighted by molar-refractivity contribution is -0.220. The summed E-state index contributed by atoms with van der Waals surface area (Å²) in [4.78, 5) is 22.9. The molecule has 1 aliphatic rings. The molecular weight excluding hydrogens is 655 g/mol. The highest BCUT2D eigenvalue weighted by Crippen LogP contribution is 2.47. The van der Waals surface area contributed by atoms with Gasteiger partial charge in [0.05, 0.1) is 13.2 Å². The number of allylic oxidation sites excluding steroid dienone is 2. The summed E-state index contributed by atoms with van der Waals surface area (Å²) in [6.45, 7) is 4.15. The molecule has 0 radical (unpaired) electrons. The van der Waals surface area contributed by atoms with E-state index in [-0.39, 0.29) is 13.0 Å². The van der Waals surface area contributed by atoms with Crippen molar-refractivity contribution in [3.63, 3.8) is 0 Å². The van der Waals surface area contributed by atoms with Crippen molar-refractivity contribution in [2.75, 3.05) is 19.8 Å². The van der Waals surface area contributed by atoms with Gasteiger partial charge in [0, 0.05) is 13.0 Å². The number of hydrogen-bond donors (Lipinski definition) is 6. The zero-order valence-corrected chi connectivity index (χ0v) is 31.1. The molecule has 6 unspecified atom stereocenters. The second kappa shape index (κ2) is 28.6. The zero-order valence-electron chi connectivity index (χ0n) is 30.2. The molecule has 0 heterocycles. The zero-order chi connectivity index (χ0) is 36.3. The maximum atomic E-state index is 12.7. The molecule has 13 heteroatoms. The van der Waals surface area contributed by atoms with Crippen LogP contribution in [0.2, 0.25) is 0 Å². The number of hydrogen-bond acceptors (Lipinski definition) is 11. The summed E-state index contributed by atoms with van der Waals surface area (Å²) in [5.74, 6) is -0.489. The van der Waals surface area contributed by atoms with Crippen molar-refractivity contribution in [2.45, 2.75) is 191 Å². The van der Waals surface area contributed by atoms with Crippen molar-refractivity contribution in [1.82, 2.24) is 0 Å². The molecule has 290 valence electrons. The average Bonchev–Trinajstić information content (AvgIpc) is 3.08. The first kappa shape index (κ1) is 46.1. The molecule has 6 N–H and O–H groups in total. The standard InChI is InChI=1S/C36H69O12P/c1-3-5-7-9-11-13-15-16-18-20-22-24-26-45-27-29(47-30(37)25-23-21-19-17-14-12-10-8-6-4-2)28-46-49(43,44)48-36-34(41)32(39)31(38)33(40)35(36)42/h8,10,29,31-36,38-42H,3-7,9,11-28H2,1-2H3,(H,43,44)/b10-8-. The van der Waals surface area contributed by atoms with Crippen LogP contribution in [-0.4, -0.2) is 98.9 Å². The fourth-order valence-corrected chi connectivity index (χ4v) is 6.74. The molecule has 1 aliphatic carbocycles. The summed E-state index contributed by atoms with van der Waals surface area (Å²) < 4.78 is 33.9. The Morgan fingerprint density at radius 1 is 0.633 bits per heavy atom. The molecule has 1 rings (SSSR count). The molecule has 1 saturated carbocycles. The number of carbonyl (C=O) groups excluding carboxylic acids is 1. The van der Waals surface area contributed by atoms with Crippen molar-refractivity contribution in [3.8, 4) is 0 Å². The predicted molar refractivity (Wildman–Crippen MR) is 189 cm³/mol. The number of esters is 1. The lowest BCUT2D eigenvalue weighted by Crippen LogP contribution is -2.64. The highest BCUT2D eigenvalue weighted by atomic mass is 31.2. The Hall–Kier alpha value is -0.920. The van der Waals surface area contributed by atoms with E-state index in [1.54, 1.807) is 0 Å². The lowest BCUT2D eigenvalue weighted by Gasteiger charge is -2.41. The fourth-order valence-electron chi connectivity index (χ4n) is 5.77. The topological polar surface area (TPSA) is 192 Å². The van der Waals surface area contributed by atoms with E-state index in [0.717, 1.165) is 64.2 Å². The fraction of sp³-hybridized carbons (Fsp3) is 0.917. The van der Waals surface area contributed by atoms with Crippen LogP contribution in [0.3, 0.4) is 0 Å². The van der Waals surface area contributed by atoms with Gasteiger partial charge in [0.1, 0.15) is 42.7 Å². The first-order chi connectivity index (χ1) is 23.5. The van der Waals surface area contributed by atoms with Gasteiger partial charge in [-0.1, -0.05) is 122 Å². The predicted octanol–water partition coefficient (Wildman–Crippen LogP) is 6.02. The Kier molecular flexibility index (Phi) is 26.9. The molecule has 0 aromatic carbocycles. The highest BCUT2D eigenvalue weighted by molar-refractivity contribution is 7.47. The summed E-state index contributed by atoms with van der Waals surface area (Å²) in [5.41, 5.74) is 0. The van der Waals surface area contributed by atoms with E-state index in [4.69, 9.17) is 18.5 Å². The molecule has 0 bridgehead atoms. The molecule has 0 spiro atoms. The first-order valence-electron chi connectivity index (χ1n) is 19.0. The number of carbonyl (C=O) groups is 1. The molecule has 0 aromatic rings. The van der Waals surface area contributed by atoms with Gasteiger partial charge in [-0.3, -0.25) is 13.8 Å². The molecule has 49 heavy (non-hydrogen) atoms. The van der Waals surface area contributed by atoms with Crippen molar-refractivity contribution < 1.29 is 58.3 Å². The third-order valence-corrected chi connectivity index (χ3v) is 9.85. The Morgan fingerprint density at radius 2 is 1.12 bits per heavy atom. The van der Waals surface area contributed by atoms with Gasteiger partial charge in [-0.05, 0) is 32.1 Å². The van der Waals surface area contributed by atoms with E-state index in [2.05, 4.69) is 26.0 Å². The third-order valence-electron chi connectivity index (χ3n) is 8.87. The van der Waals surface area contributed by atoms with Gasteiger partial charge in [0.25, 0.3) is 0 Å². The Morgan fingerprint density at radius 3 is 1.69 bits per heavy atom. The van der Waals surface area contributed by atoms with Gasteiger partial charge >= 0.3 is 13.8 Å². The van der Waals surface area contributed by atoms with Crippen LogP contribution in [0.5, 0.6) is 0 Å². The summed E-state index contributed by atoms with van der Waals surface area (Å²) in [5, 5.41) is 49.9. The van der Waals surface area contributed by atoms with Gasteiger partial charge in [-0.25, -0.2) is 4.57 Å². The van der Waals surface area contributed by atoms with Crippen LogP contribution in [0.4, 0.5) is 0 Å². The van der Waals surface area contributed by atoms with Crippen LogP contribution in [0.25, 0.3) is 0 Å². The number of aliphatic hydroxyl groups is 5. The van der Waals surface area contributed by atoms with E-state index in [0.29, 0.717) is 13.0 Å². The molecule has 6 atom stereocenters. The second-order valence-corrected chi connectivity index (χ2v) is 14.8. The SMILES string of the molecule is CCC/C=C\CCCCCCCC(=O)OC(COCCCCCCCCCCCCCC)COP(=O)(O)OC1C(O)C(O)C(O)C(O)C1O. The highest BCUT2D eigenvalue weighted by Gasteiger charge is 2.51. The minimum Gasteiger partial charge on any atom is -0.457 e. The summed E-state index contributed by atoms with van der Waals surface area (Å²) >= 11 is 0. The quantitative estimate of drug-likeness (QED) is 0.0211. The Labute approximate surface area is 295 Å². The summed E-state index contributed by atoms with van der Waals surface area (Å²) in [6.07, 6.45) is 14.5. The number of phosphoric ester groups is 1. The van der Waals surface area contributed by atoms with Gasteiger partial charge in [0.15, 0.2) is 0 Å². The summed E-state index contributed by atoms with van der Waals surface area (Å²) in [7, 11) is -5.00. The molecule has 0 aromatic heterocycles. The van der Waals surface area contributed by atoms with E-state index in [1.807, 2.05) is 0 Å². The minimum absolute atomic E-state index is 0.0758. The maximum absolute atomic E-state index is 12.7. The van der Waals surface area contributed by atoms with Crippen LogP contribution < -0.4 is 0 Å². The largest absolute Gasteiger partial charge is 0.472 e. The van der Waals surface area contributed by atoms with E-state index in [9.17, 15) is 39.8 Å². The number of ether oxygens (including phenoxy) is 2. The van der Waals surface area contributed by atoms with Crippen LogP contribution in [0.1, 0.15) is 149 Å². The van der Waals surface area contributed by atoms with Gasteiger partial charge < -0.3 is 39.9 Å². The van der Waals surface area contributed by atoms with Gasteiger partial charge in [0.2, 0.25) is 0 Å². The Bertz CT molecular complexity index is 874. The first-order valence-corrected chi connectivity index (χ1v) is 20.5. The number of aliphatic hydroxyl groups excluding tert-OH is 5. The summed E-state index contributed by atoms with van der Waals surface area (Å²) in [6, 6.07) is 0. The number of phosphoric acid groups is 1. The van der Waals surface area contributed by atoms with E-state index >= 15 is 0 Å². The second-order valence-electron chi connectivity index (χ2n) is 13.4. The maximum Gasteiger partial charge on any atom is 0.472 e. The number of rotatable bonds is 31. The molecular formula is C36H69O12P. The molecule has 12 nitrogen and oxygen atoms in total. The Balaban J connectivity index is 2.49. The third kappa shape index (κ3) is 21.9. The van der Waals surface area contributed by atoms with Crippen LogP contribution in [0, 0.1) is 0 Å². The van der Waals surface area contributed by atoms with Crippen LogP contribution >= 0.6 is 7.82 Å². The molecule has 0 aliphatic heterocycles. The van der Waals surface area contributed by atoms with E-state index in [1.165, 1.54) is 57.8 Å². The van der Waals surface area contributed by atoms with Crippen molar-refractivity contribution >= 4 is 13.8 Å². The normalized spacial score (nSPS) is 24.7. The van der Waals surface area contributed by atoms with E-state index < -0.39 is 63.1 Å². The van der Waals surface area contributed by atoms with Gasteiger partial charge in [-0.15, -0.1) is 0 Å². The van der Waals surface area contributed by atoms with Crippen molar-refractivity contribution in [3.05, 3.63) is 12.2 Å². The van der Waals surface area contributed by atoms with Crippen LogP contribution in [0.15, 0.2) is 12.2 Å². The van der Waals surface area contributed by atoms with Crippen molar-refractivity contribution in [2.24, 2.45) is 0 Å².